The Kier molecular flexibility index (Phi) is 2.62. The van der Waals surface area contributed by atoms with Gasteiger partial charge >= 0.3 is 0 Å². The van der Waals surface area contributed by atoms with Gasteiger partial charge in [-0.3, -0.25) is 0 Å². The van der Waals surface area contributed by atoms with E-state index in [2.05, 4.69) is 13.8 Å². The van der Waals surface area contributed by atoms with Gasteiger partial charge in [0.2, 0.25) is 0 Å². The number of hydrogen-bond donors (Lipinski definition) is 0. The van der Waals surface area contributed by atoms with Crippen LogP contribution in [-0.4, -0.2) is 11.4 Å². The van der Waals surface area contributed by atoms with Crippen molar-refractivity contribution in [3.8, 4) is 0 Å². The molecule has 14 heavy (non-hydrogen) atoms. The lowest BCUT2D eigenvalue weighted by molar-refractivity contribution is 0.0786. The van der Waals surface area contributed by atoms with Crippen LogP contribution in [0.2, 0.25) is 0 Å². The van der Waals surface area contributed by atoms with Gasteiger partial charge in [0, 0.05) is 4.75 Å². The first-order valence-electron chi connectivity index (χ1n) is 4.93. The Balaban J connectivity index is 2.12. The van der Waals surface area contributed by atoms with Crippen molar-refractivity contribution < 1.29 is 9.15 Å². The Morgan fingerprint density at radius 2 is 2.21 bits per heavy atom. The molecule has 1 unspecified atom stereocenters. The van der Waals surface area contributed by atoms with E-state index in [9.17, 15) is 0 Å². The summed E-state index contributed by atoms with van der Waals surface area (Å²) in [5, 5.41) is 0. The summed E-state index contributed by atoms with van der Waals surface area (Å²) in [5.74, 6) is 1.90. The van der Waals surface area contributed by atoms with Gasteiger partial charge in [0.05, 0.1) is 6.61 Å². The monoisotopic (exact) mass is 212 g/mol. The van der Waals surface area contributed by atoms with Crippen LogP contribution in [-0.2, 0) is 4.74 Å². The van der Waals surface area contributed by atoms with Gasteiger partial charge in [-0.25, -0.2) is 0 Å². The van der Waals surface area contributed by atoms with E-state index in [1.54, 1.807) is 0 Å². The van der Waals surface area contributed by atoms with E-state index >= 15 is 0 Å². The van der Waals surface area contributed by atoms with Gasteiger partial charge in [-0.05, 0) is 25.5 Å². The summed E-state index contributed by atoms with van der Waals surface area (Å²) in [7, 11) is 0. The molecule has 1 atom stereocenters. The molecule has 0 bridgehead atoms. The van der Waals surface area contributed by atoms with Crippen molar-refractivity contribution in [2.45, 2.75) is 37.4 Å². The fraction of sp³-hybridized carbons (Fsp3) is 0.636. The van der Waals surface area contributed by atoms with E-state index in [-0.39, 0.29) is 5.44 Å². The minimum atomic E-state index is 0.0763. The van der Waals surface area contributed by atoms with Crippen LogP contribution in [0.5, 0.6) is 0 Å². The van der Waals surface area contributed by atoms with E-state index in [4.69, 9.17) is 9.15 Å². The molecular weight excluding hydrogens is 196 g/mol. The quantitative estimate of drug-likeness (QED) is 0.711. The van der Waals surface area contributed by atoms with Gasteiger partial charge < -0.3 is 9.15 Å². The lowest BCUT2D eigenvalue weighted by atomic mass is 10.1. The van der Waals surface area contributed by atoms with Crippen molar-refractivity contribution in [1.82, 2.24) is 0 Å². The fourth-order valence-electron chi connectivity index (χ4n) is 1.51. The molecule has 0 aliphatic carbocycles. The zero-order valence-electron chi connectivity index (χ0n) is 8.87. The van der Waals surface area contributed by atoms with Gasteiger partial charge in [0.1, 0.15) is 11.5 Å². The summed E-state index contributed by atoms with van der Waals surface area (Å²) in [6.45, 7) is 7.29. The maximum absolute atomic E-state index is 5.68. The number of thioether (sulfide) groups is 1. The van der Waals surface area contributed by atoms with E-state index in [1.807, 2.05) is 30.8 Å². The smallest absolute Gasteiger partial charge is 0.161 e. The zero-order chi connectivity index (χ0) is 10.2. The Morgan fingerprint density at radius 3 is 2.79 bits per heavy atom. The molecule has 1 aliphatic heterocycles. The van der Waals surface area contributed by atoms with Crippen molar-refractivity contribution in [2.75, 3.05) is 6.61 Å². The van der Waals surface area contributed by atoms with Crippen LogP contribution in [0.25, 0.3) is 0 Å². The van der Waals surface area contributed by atoms with Crippen molar-refractivity contribution >= 4 is 11.8 Å². The van der Waals surface area contributed by atoms with E-state index < -0.39 is 0 Å². The topological polar surface area (TPSA) is 22.4 Å². The van der Waals surface area contributed by atoms with Gasteiger partial charge in [-0.2, -0.15) is 0 Å². The van der Waals surface area contributed by atoms with Crippen molar-refractivity contribution in [2.24, 2.45) is 0 Å². The third-order valence-corrected chi connectivity index (χ3v) is 3.82. The van der Waals surface area contributed by atoms with E-state index in [1.165, 1.54) is 0 Å². The molecule has 2 nitrogen and oxygen atoms in total. The summed E-state index contributed by atoms with van der Waals surface area (Å²) in [4.78, 5) is 0. The highest BCUT2D eigenvalue weighted by Crippen LogP contribution is 2.45. The lowest BCUT2D eigenvalue weighted by Crippen LogP contribution is -2.25. The minimum Gasteiger partial charge on any atom is -0.463 e. The summed E-state index contributed by atoms with van der Waals surface area (Å²) in [6, 6.07) is 4.00. The molecule has 1 aliphatic rings. The molecule has 1 aromatic rings. The van der Waals surface area contributed by atoms with Crippen LogP contribution in [0.1, 0.15) is 37.2 Å². The summed E-state index contributed by atoms with van der Waals surface area (Å²) in [6.07, 6.45) is 1.11. The highest BCUT2D eigenvalue weighted by atomic mass is 32.2. The Labute approximate surface area is 89.0 Å². The average Bonchev–Trinajstić information content (AvgIpc) is 2.50. The fourth-order valence-corrected chi connectivity index (χ4v) is 2.70. The molecule has 3 heteroatoms. The summed E-state index contributed by atoms with van der Waals surface area (Å²) < 4.78 is 11.5. The molecule has 2 heterocycles. The van der Waals surface area contributed by atoms with Gasteiger partial charge in [0.15, 0.2) is 5.44 Å². The molecule has 0 aromatic carbocycles. The van der Waals surface area contributed by atoms with E-state index in [0.717, 1.165) is 24.5 Å². The largest absolute Gasteiger partial charge is 0.463 e. The van der Waals surface area contributed by atoms with Crippen molar-refractivity contribution in [3.63, 3.8) is 0 Å². The SMILES string of the molecule is Cc1ccc(C2OCCC(C)(C)S2)o1. The second-order valence-electron chi connectivity index (χ2n) is 4.28. The van der Waals surface area contributed by atoms with Crippen LogP contribution in [0.4, 0.5) is 0 Å². The van der Waals surface area contributed by atoms with Crippen LogP contribution in [0.15, 0.2) is 16.5 Å². The summed E-state index contributed by atoms with van der Waals surface area (Å²) >= 11 is 1.84. The molecule has 0 spiro atoms. The molecule has 0 N–H and O–H groups in total. The lowest BCUT2D eigenvalue weighted by Gasteiger charge is -2.33. The standard InChI is InChI=1S/C11H16O2S/c1-8-4-5-9(13-8)10-12-7-6-11(2,3)14-10/h4-5,10H,6-7H2,1-3H3. The number of hydrogen-bond acceptors (Lipinski definition) is 3. The number of furan rings is 1. The van der Waals surface area contributed by atoms with Crippen LogP contribution >= 0.6 is 11.8 Å². The molecule has 0 amide bonds. The molecule has 78 valence electrons. The highest BCUT2D eigenvalue weighted by Gasteiger charge is 2.31. The molecule has 0 saturated carbocycles. The molecular formula is C11H16O2S. The maximum atomic E-state index is 5.68. The average molecular weight is 212 g/mol. The highest BCUT2D eigenvalue weighted by molar-refractivity contribution is 8.00. The van der Waals surface area contributed by atoms with Gasteiger partial charge in [-0.1, -0.05) is 13.8 Å². The van der Waals surface area contributed by atoms with Gasteiger partial charge in [-0.15, -0.1) is 11.8 Å². The molecule has 2 rings (SSSR count). The number of aryl methyl sites for hydroxylation is 1. The number of ether oxygens (including phenoxy) is 1. The Bertz CT molecular complexity index is 317. The van der Waals surface area contributed by atoms with Crippen LogP contribution in [0.3, 0.4) is 0 Å². The second-order valence-corrected chi connectivity index (χ2v) is 6.05. The first-order valence-corrected chi connectivity index (χ1v) is 5.81. The Morgan fingerprint density at radius 1 is 1.43 bits per heavy atom. The van der Waals surface area contributed by atoms with Crippen molar-refractivity contribution in [1.29, 1.82) is 0 Å². The van der Waals surface area contributed by atoms with Crippen LogP contribution < -0.4 is 0 Å². The zero-order valence-corrected chi connectivity index (χ0v) is 9.69. The predicted molar refractivity (Wildman–Crippen MR) is 58.4 cm³/mol. The van der Waals surface area contributed by atoms with Crippen LogP contribution in [0, 0.1) is 6.92 Å². The normalized spacial score (nSPS) is 26.4. The first-order chi connectivity index (χ1) is 6.57. The molecule has 1 fully saturated rings. The number of rotatable bonds is 1. The van der Waals surface area contributed by atoms with Gasteiger partial charge in [0.25, 0.3) is 0 Å². The maximum Gasteiger partial charge on any atom is 0.161 e. The van der Waals surface area contributed by atoms with E-state index in [0.29, 0.717) is 4.75 Å². The third-order valence-electron chi connectivity index (χ3n) is 2.39. The molecule has 0 radical (unpaired) electrons. The predicted octanol–water partition coefficient (Wildman–Crippen LogP) is 3.52. The minimum absolute atomic E-state index is 0.0763. The third kappa shape index (κ3) is 2.15. The first kappa shape index (κ1) is 10.1. The Hall–Kier alpha value is -0.410. The molecule has 1 saturated heterocycles. The second kappa shape index (κ2) is 3.63. The molecule has 1 aromatic heterocycles. The van der Waals surface area contributed by atoms with Crippen molar-refractivity contribution in [3.05, 3.63) is 23.7 Å². The summed E-state index contributed by atoms with van der Waals surface area (Å²) in [5.41, 5.74) is 0.0763.